The predicted molar refractivity (Wildman–Crippen MR) is 77.1 cm³/mol. The Morgan fingerprint density at radius 2 is 2.11 bits per heavy atom. The zero-order valence-electron chi connectivity index (χ0n) is 11.6. The van der Waals surface area contributed by atoms with E-state index in [0.717, 1.165) is 24.0 Å². The molecule has 19 heavy (non-hydrogen) atoms. The minimum atomic E-state index is 0.248. The molecule has 0 amide bonds. The highest BCUT2D eigenvalue weighted by Crippen LogP contribution is 2.40. The van der Waals surface area contributed by atoms with Gasteiger partial charge in [-0.1, -0.05) is 24.3 Å². The van der Waals surface area contributed by atoms with Crippen molar-refractivity contribution in [1.82, 2.24) is 5.32 Å². The molecule has 1 aromatic carbocycles. The first kappa shape index (κ1) is 12.5. The van der Waals surface area contributed by atoms with E-state index in [9.17, 15) is 0 Å². The lowest BCUT2D eigenvalue weighted by molar-refractivity contribution is 0.416. The van der Waals surface area contributed by atoms with Gasteiger partial charge in [0.25, 0.3) is 0 Å². The third kappa shape index (κ3) is 3.07. The van der Waals surface area contributed by atoms with Crippen LogP contribution in [0.5, 0.6) is 0 Å². The number of hydrogen-bond acceptors (Lipinski definition) is 2. The highest BCUT2D eigenvalue weighted by molar-refractivity contribution is 5.29. The number of hydrogen-bond donors (Lipinski definition) is 1. The maximum absolute atomic E-state index is 5.64. The molecule has 2 nitrogen and oxygen atoms in total. The summed E-state index contributed by atoms with van der Waals surface area (Å²) in [6.45, 7) is 5.01. The highest BCUT2D eigenvalue weighted by atomic mass is 16.3. The van der Waals surface area contributed by atoms with Gasteiger partial charge in [0.1, 0.15) is 11.5 Å². The zero-order chi connectivity index (χ0) is 13.2. The number of benzene rings is 1. The van der Waals surface area contributed by atoms with E-state index in [1.165, 1.54) is 24.0 Å². The van der Waals surface area contributed by atoms with Crippen LogP contribution in [0.4, 0.5) is 0 Å². The van der Waals surface area contributed by atoms with E-state index < -0.39 is 0 Å². The Balaban J connectivity index is 1.60. The van der Waals surface area contributed by atoms with Crippen LogP contribution in [0.3, 0.4) is 0 Å². The molecule has 1 unspecified atom stereocenters. The molecule has 100 valence electrons. The molecule has 1 fully saturated rings. The van der Waals surface area contributed by atoms with Gasteiger partial charge in [0.15, 0.2) is 0 Å². The minimum Gasteiger partial charge on any atom is -0.465 e. The van der Waals surface area contributed by atoms with Gasteiger partial charge in [-0.2, -0.15) is 0 Å². The van der Waals surface area contributed by atoms with Gasteiger partial charge in [0.05, 0.1) is 6.04 Å². The summed E-state index contributed by atoms with van der Waals surface area (Å²) < 4.78 is 5.64. The Hall–Kier alpha value is -1.54. The van der Waals surface area contributed by atoms with Crippen molar-refractivity contribution in [2.24, 2.45) is 0 Å². The second-order valence-electron chi connectivity index (χ2n) is 5.57. The smallest absolute Gasteiger partial charge is 0.120 e. The van der Waals surface area contributed by atoms with Gasteiger partial charge in [0, 0.05) is 6.54 Å². The lowest BCUT2D eigenvalue weighted by atomic mass is 10.1. The first-order valence-corrected chi connectivity index (χ1v) is 7.11. The number of nitrogens with one attached hydrogen (secondary N) is 1. The number of rotatable bonds is 5. The van der Waals surface area contributed by atoms with Crippen LogP contribution < -0.4 is 5.32 Å². The molecule has 1 heterocycles. The molecule has 0 saturated heterocycles. The van der Waals surface area contributed by atoms with E-state index in [1.54, 1.807) is 0 Å². The van der Waals surface area contributed by atoms with E-state index in [2.05, 4.69) is 36.5 Å². The molecule has 1 atom stereocenters. The quantitative estimate of drug-likeness (QED) is 0.861. The van der Waals surface area contributed by atoms with Crippen LogP contribution in [0.1, 0.15) is 54.4 Å². The molecule has 0 bridgehead atoms. The summed E-state index contributed by atoms with van der Waals surface area (Å²) in [5.74, 6) is 2.81. The zero-order valence-corrected chi connectivity index (χ0v) is 11.6. The molecular formula is C17H21NO. The standard InChI is InChI=1S/C17H21NO/c1-12-6-9-17(19-12)13(2)18-11-14-4-3-5-16(10-14)15-7-8-15/h3-6,9-10,13,15,18H,7-8,11H2,1-2H3. The first-order chi connectivity index (χ1) is 9.22. The molecule has 1 aromatic heterocycles. The Bertz CT molecular complexity index is 554. The summed E-state index contributed by atoms with van der Waals surface area (Å²) in [6.07, 6.45) is 2.72. The first-order valence-electron chi connectivity index (χ1n) is 7.11. The van der Waals surface area contributed by atoms with Crippen molar-refractivity contribution in [1.29, 1.82) is 0 Å². The molecule has 1 aliphatic carbocycles. The lowest BCUT2D eigenvalue weighted by Crippen LogP contribution is -2.17. The van der Waals surface area contributed by atoms with Crippen molar-refractivity contribution in [2.75, 3.05) is 0 Å². The summed E-state index contributed by atoms with van der Waals surface area (Å²) in [5.41, 5.74) is 2.86. The van der Waals surface area contributed by atoms with Crippen LogP contribution in [0.25, 0.3) is 0 Å². The van der Waals surface area contributed by atoms with Crippen molar-refractivity contribution < 1.29 is 4.42 Å². The average Bonchev–Trinajstić information content (AvgIpc) is 3.19. The normalized spacial score (nSPS) is 16.5. The fourth-order valence-electron chi connectivity index (χ4n) is 2.43. The highest BCUT2D eigenvalue weighted by Gasteiger charge is 2.23. The van der Waals surface area contributed by atoms with Crippen LogP contribution in [0, 0.1) is 6.92 Å². The molecule has 2 aromatic rings. The average molecular weight is 255 g/mol. The third-order valence-electron chi connectivity index (χ3n) is 3.80. The van der Waals surface area contributed by atoms with E-state index >= 15 is 0 Å². The van der Waals surface area contributed by atoms with E-state index in [0.29, 0.717) is 0 Å². The topological polar surface area (TPSA) is 25.2 Å². The van der Waals surface area contributed by atoms with Crippen LogP contribution in [-0.2, 0) is 6.54 Å². The summed E-state index contributed by atoms with van der Waals surface area (Å²) in [7, 11) is 0. The van der Waals surface area contributed by atoms with Gasteiger partial charge in [-0.15, -0.1) is 0 Å². The SMILES string of the molecule is Cc1ccc(C(C)NCc2cccc(C3CC3)c2)o1. The molecule has 1 aliphatic rings. The summed E-state index contributed by atoms with van der Waals surface area (Å²) >= 11 is 0. The van der Waals surface area contributed by atoms with Gasteiger partial charge in [0.2, 0.25) is 0 Å². The Labute approximate surface area is 114 Å². The maximum Gasteiger partial charge on any atom is 0.120 e. The number of aryl methyl sites for hydroxylation is 1. The van der Waals surface area contributed by atoms with Gasteiger partial charge in [-0.3, -0.25) is 0 Å². The van der Waals surface area contributed by atoms with Crippen molar-refractivity contribution in [3.8, 4) is 0 Å². The third-order valence-corrected chi connectivity index (χ3v) is 3.80. The molecule has 2 heteroatoms. The molecule has 1 N–H and O–H groups in total. The lowest BCUT2D eigenvalue weighted by Gasteiger charge is -2.12. The fourth-order valence-corrected chi connectivity index (χ4v) is 2.43. The molecular weight excluding hydrogens is 234 g/mol. The van der Waals surface area contributed by atoms with Gasteiger partial charge in [-0.25, -0.2) is 0 Å². The van der Waals surface area contributed by atoms with Crippen molar-refractivity contribution in [3.05, 3.63) is 59.0 Å². The van der Waals surface area contributed by atoms with Gasteiger partial charge in [-0.05, 0) is 55.9 Å². The summed E-state index contributed by atoms with van der Waals surface area (Å²) in [5, 5.41) is 3.52. The molecule has 3 rings (SSSR count). The van der Waals surface area contributed by atoms with Crippen LogP contribution in [0.2, 0.25) is 0 Å². The van der Waals surface area contributed by atoms with Crippen LogP contribution in [0.15, 0.2) is 40.8 Å². The molecule has 0 aliphatic heterocycles. The molecule has 0 radical (unpaired) electrons. The monoisotopic (exact) mass is 255 g/mol. The second kappa shape index (κ2) is 5.22. The van der Waals surface area contributed by atoms with Gasteiger partial charge < -0.3 is 9.73 Å². The Morgan fingerprint density at radius 1 is 1.26 bits per heavy atom. The van der Waals surface area contributed by atoms with Crippen molar-refractivity contribution in [3.63, 3.8) is 0 Å². The summed E-state index contributed by atoms with van der Waals surface area (Å²) in [6, 6.07) is 13.3. The van der Waals surface area contributed by atoms with E-state index in [4.69, 9.17) is 4.42 Å². The maximum atomic E-state index is 5.64. The van der Waals surface area contributed by atoms with E-state index in [-0.39, 0.29) is 6.04 Å². The largest absolute Gasteiger partial charge is 0.465 e. The van der Waals surface area contributed by atoms with Crippen molar-refractivity contribution >= 4 is 0 Å². The predicted octanol–water partition coefficient (Wildman–Crippen LogP) is 4.32. The van der Waals surface area contributed by atoms with E-state index in [1.807, 2.05) is 19.1 Å². The molecule has 1 saturated carbocycles. The Kier molecular flexibility index (Phi) is 3.43. The van der Waals surface area contributed by atoms with Gasteiger partial charge >= 0.3 is 0 Å². The van der Waals surface area contributed by atoms with Crippen LogP contribution in [-0.4, -0.2) is 0 Å². The fraction of sp³-hybridized carbons (Fsp3) is 0.412. The molecule has 0 spiro atoms. The summed E-state index contributed by atoms with van der Waals surface area (Å²) in [4.78, 5) is 0. The van der Waals surface area contributed by atoms with Crippen molar-refractivity contribution in [2.45, 2.75) is 45.2 Å². The second-order valence-corrected chi connectivity index (χ2v) is 5.57. The minimum absolute atomic E-state index is 0.248. The Morgan fingerprint density at radius 3 is 2.79 bits per heavy atom. The number of furan rings is 1. The van der Waals surface area contributed by atoms with Crippen LogP contribution >= 0.6 is 0 Å².